The summed E-state index contributed by atoms with van der Waals surface area (Å²) in [5.41, 5.74) is 0.199. The predicted octanol–water partition coefficient (Wildman–Crippen LogP) is 0.245. The van der Waals surface area contributed by atoms with Crippen molar-refractivity contribution < 1.29 is 9.84 Å². The Labute approximate surface area is 104 Å². The molecule has 0 aliphatic rings. The van der Waals surface area contributed by atoms with Crippen LogP contribution in [0.2, 0.25) is 5.02 Å². The molecule has 0 radical (unpaired) electrons. The lowest BCUT2D eigenvalue weighted by atomic mass is 10.4. The zero-order chi connectivity index (χ0) is 12.7. The third-order valence-corrected chi connectivity index (χ3v) is 2.46. The van der Waals surface area contributed by atoms with E-state index in [1.807, 2.05) is 0 Å². The van der Waals surface area contributed by atoms with Gasteiger partial charge in [0.1, 0.15) is 5.02 Å². The molecule has 1 aromatic heterocycles. The van der Waals surface area contributed by atoms with Crippen molar-refractivity contribution in [3.05, 3.63) is 21.6 Å². The van der Waals surface area contributed by atoms with E-state index < -0.39 is 0 Å². The number of anilines is 1. The standard InChI is InChI=1S/C10H16ClN3O3/c1-14-10(16)9(11)8(7-13-14)12-3-2-5-17-6-4-15/h7,12,15H,2-6H2,1H3. The maximum atomic E-state index is 11.4. The number of aromatic nitrogens is 2. The highest BCUT2D eigenvalue weighted by atomic mass is 35.5. The third kappa shape index (κ3) is 4.33. The van der Waals surface area contributed by atoms with Gasteiger partial charge in [-0.1, -0.05) is 11.6 Å². The fraction of sp³-hybridized carbons (Fsp3) is 0.600. The molecule has 17 heavy (non-hydrogen) atoms. The summed E-state index contributed by atoms with van der Waals surface area (Å²) in [6.07, 6.45) is 2.27. The number of ether oxygens (including phenoxy) is 1. The van der Waals surface area contributed by atoms with Crippen molar-refractivity contribution in [3.63, 3.8) is 0 Å². The summed E-state index contributed by atoms with van der Waals surface area (Å²) in [5, 5.41) is 15.5. The number of halogens is 1. The summed E-state index contributed by atoms with van der Waals surface area (Å²) in [5.74, 6) is 0. The fourth-order valence-electron chi connectivity index (χ4n) is 1.20. The van der Waals surface area contributed by atoms with Crippen molar-refractivity contribution >= 4 is 17.3 Å². The second-order valence-electron chi connectivity index (χ2n) is 3.42. The van der Waals surface area contributed by atoms with Crippen molar-refractivity contribution in [2.45, 2.75) is 6.42 Å². The molecule has 0 amide bonds. The molecule has 6 nitrogen and oxygen atoms in total. The molecule has 0 fully saturated rings. The van der Waals surface area contributed by atoms with Gasteiger partial charge in [-0.05, 0) is 6.42 Å². The van der Waals surface area contributed by atoms with E-state index in [-0.39, 0.29) is 17.2 Å². The average molecular weight is 262 g/mol. The van der Waals surface area contributed by atoms with Gasteiger partial charge >= 0.3 is 0 Å². The zero-order valence-corrected chi connectivity index (χ0v) is 10.4. The van der Waals surface area contributed by atoms with E-state index in [9.17, 15) is 4.79 Å². The van der Waals surface area contributed by atoms with E-state index in [1.54, 1.807) is 7.05 Å². The second kappa shape index (κ2) is 7.26. The van der Waals surface area contributed by atoms with Crippen LogP contribution >= 0.6 is 11.6 Å². The van der Waals surface area contributed by atoms with Crippen LogP contribution < -0.4 is 10.9 Å². The lowest BCUT2D eigenvalue weighted by molar-refractivity contribution is 0.0922. The van der Waals surface area contributed by atoms with Gasteiger partial charge < -0.3 is 15.2 Å². The summed E-state index contributed by atoms with van der Waals surface area (Å²) < 4.78 is 6.27. The van der Waals surface area contributed by atoms with Crippen LogP contribution in [0.25, 0.3) is 0 Å². The number of nitrogens with zero attached hydrogens (tertiary/aromatic N) is 2. The van der Waals surface area contributed by atoms with E-state index in [1.165, 1.54) is 10.9 Å². The van der Waals surface area contributed by atoms with Gasteiger partial charge in [-0.2, -0.15) is 5.10 Å². The van der Waals surface area contributed by atoms with Crippen LogP contribution in [-0.4, -0.2) is 41.3 Å². The lowest BCUT2D eigenvalue weighted by Crippen LogP contribution is -2.21. The summed E-state index contributed by atoms with van der Waals surface area (Å²) in [7, 11) is 1.54. The first-order valence-electron chi connectivity index (χ1n) is 5.31. The molecule has 0 atom stereocenters. The molecule has 2 N–H and O–H groups in total. The SMILES string of the molecule is Cn1ncc(NCCCOCCO)c(Cl)c1=O. The van der Waals surface area contributed by atoms with Crippen LogP contribution in [0.3, 0.4) is 0 Å². The maximum absolute atomic E-state index is 11.4. The van der Waals surface area contributed by atoms with Gasteiger partial charge in [0.05, 0.1) is 25.1 Å². The number of aliphatic hydroxyl groups is 1. The summed E-state index contributed by atoms with van der Waals surface area (Å²) >= 11 is 5.86. The monoisotopic (exact) mass is 261 g/mol. The Morgan fingerprint density at radius 3 is 3.06 bits per heavy atom. The van der Waals surface area contributed by atoms with Gasteiger partial charge in [-0.3, -0.25) is 4.79 Å². The molecule has 0 aliphatic heterocycles. The van der Waals surface area contributed by atoms with E-state index >= 15 is 0 Å². The van der Waals surface area contributed by atoms with Crippen molar-refractivity contribution in [2.24, 2.45) is 7.05 Å². The molecule has 1 aromatic rings. The minimum absolute atomic E-state index is 0.0257. The number of hydrogen-bond donors (Lipinski definition) is 2. The lowest BCUT2D eigenvalue weighted by Gasteiger charge is -2.08. The normalized spacial score (nSPS) is 10.5. The Bertz CT molecular complexity index is 408. The Morgan fingerprint density at radius 2 is 2.35 bits per heavy atom. The number of aryl methyl sites for hydroxylation is 1. The number of nitrogens with one attached hydrogen (secondary N) is 1. The molecule has 0 bridgehead atoms. The van der Waals surface area contributed by atoms with Gasteiger partial charge in [0.2, 0.25) is 0 Å². The van der Waals surface area contributed by atoms with E-state index in [2.05, 4.69) is 10.4 Å². The van der Waals surface area contributed by atoms with Crippen LogP contribution in [0.4, 0.5) is 5.69 Å². The Hall–Kier alpha value is -1.11. The Balaban J connectivity index is 2.37. The molecule has 0 spiro atoms. The van der Waals surface area contributed by atoms with Crippen LogP contribution in [0.1, 0.15) is 6.42 Å². The highest BCUT2D eigenvalue weighted by Gasteiger charge is 2.05. The largest absolute Gasteiger partial charge is 0.394 e. The molecule has 0 aromatic carbocycles. The number of hydrogen-bond acceptors (Lipinski definition) is 5. The number of rotatable bonds is 7. The molecule has 0 aliphatic carbocycles. The Morgan fingerprint density at radius 1 is 1.59 bits per heavy atom. The predicted molar refractivity (Wildman–Crippen MR) is 65.5 cm³/mol. The average Bonchev–Trinajstić information content (AvgIpc) is 2.33. The molecule has 1 heterocycles. The van der Waals surface area contributed by atoms with Crippen molar-refractivity contribution in [3.8, 4) is 0 Å². The van der Waals surface area contributed by atoms with Crippen LogP contribution in [0, 0.1) is 0 Å². The molecular weight excluding hydrogens is 246 g/mol. The van der Waals surface area contributed by atoms with Gasteiger partial charge in [-0.15, -0.1) is 0 Å². The molecule has 0 unspecified atom stereocenters. The second-order valence-corrected chi connectivity index (χ2v) is 3.80. The van der Waals surface area contributed by atoms with Gasteiger partial charge in [-0.25, -0.2) is 4.68 Å². The first-order valence-corrected chi connectivity index (χ1v) is 5.69. The van der Waals surface area contributed by atoms with Crippen LogP contribution in [-0.2, 0) is 11.8 Å². The topological polar surface area (TPSA) is 76.4 Å². The van der Waals surface area contributed by atoms with Gasteiger partial charge in [0.15, 0.2) is 0 Å². The van der Waals surface area contributed by atoms with E-state index in [0.717, 1.165) is 6.42 Å². The summed E-state index contributed by atoms with van der Waals surface area (Å²) in [4.78, 5) is 11.4. The van der Waals surface area contributed by atoms with Crippen molar-refractivity contribution in [2.75, 3.05) is 31.7 Å². The summed E-state index contributed by atoms with van der Waals surface area (Å²) in [6, 6.07) is 0. The highest BCUT2D eigenvalue weighted by Crippen LogP contribution is 2.14. The van der Waals surface area contributed by atoms with Crippen molar-refractivity contribution in [1.29, 1.82) is 0 Å². The first-order chi connectivity index (χ1) is 8.16. The van der Waals surface area contributed by atoms with E-state index in [0.29, 0.717) is 25.4 Å². The molecule has 0 saturated heterocycles. The summed E-state index contributed by atoms with van der Waals surface area (Å²) in [6.45, 7) is 1.54. The Kier molecular flexibility index (Phi) is 5.96. The zero-order valence-electron chi connectivity index (χ0n) is 9.65. The van der Waals surface area contributed by atoms with E-state index in [4.69, 9.17) is 21.4 Å². The smallest absolute Gasteiger partial charge is 0.287 e. The highest BCUT2D eigenvalue weighted by molar-refractivity contribution is 6.32. The van der Waals surface area contributed by atoms with Gasteiger partial charge in [0.25, 0.3) is 5.56 Å². The molecule has 7 heteroatoms. The third-order valence-electron chi connectivity index (χ3n) is 2.09. The molecule has 1 rings (SSSR count). The first kappa shape index (κ1) is 14.0. The van der Waals surface area contributed by atoms with Crippen LogP contribution in [0.5, 0.6) is 0 Å². The quantitative estimate of drug-likeness (QED) is 0.688. The molecular formula is C10H16ClN3O3. The van der Waals surface area contributed by atoms with Crippen LogP contribution in [0.15, 0.2) is 11.0 Å². The maximum Gasteiger partial charge on any atom is 0.287 e. The minimum Gasteiger partial charge on any atom is -0.394 e. The number of aliphatic hydroxyl groups excluding tert-OH is 1. The fourth-order valence-corrected chi connectivity index (χ4v) is 1.44. The molecule has 0 saturated carbocycles. The van der Waals surface area contributed by atoms with Gasteiger partial charge in [0, 0.05) is 20.2 Å². The minimum atomic E-state index is -0.326. The molecule has 96 valence electrons. The van der Waals surface area contributed by atoms with Crippen molar-refractivity contribution in [1.82, 2.24) is 9.78 Å².